The molecule has 104 valence electrons. The summed E-state index contributed by atoms with van der Waals surface area (Å²) in [6.07, 6.45) is 2.25. The average molecular weight is 267 g/mol. The molecule has 1 aromatic carbocycles. The predicted octanol–water partition coefficient (Wildman–Crippen LogP) is 2.17. The summed E-state index contributed by atoms with van der Waals surface area (Å²) >= 11 is 0. The Hall–Kier alpha value is -1.69. The molecule has 0 radical (unpaired) electrons. The second-order valence-corrected chi connectivity index (χ2v) is 4.98. The molecule has 1 N–H and O–H groups in total. The first kappa shape index (κ1) is 13.7. The molecule has 0 amide bonds. The van der Waals surface area contributed by atoms with Crippen LogP contribution in [0.25, 0.3) is 0 Å². The van der Waals surface area contributed by atoms with Crippen LogP contribution in [0.3, 0.4) is 0 Å². The van der Waals surface area contributed by atoms with Gasteiger partial charge in [0, 0.05) is 13.6 Å². The molecule has 1 aromatic rings. The van der Waals surface area contributed by atoms with Gasteiger partial charge in [-0.25, -0.2) is 4.39 Å². The fraction of sp³-hybridized carbons (Fsp3) is 0.538. The lowest BCUT2D eigenvalue weighted by Gasteiger charge is -2.28. The number of hydrogen-bond donors (Lipinski definition) is 1. The third-order valence-corrected chi connectivity index (χ3v) is 3.48. The predicted molar refractivity (Wildman–Crippen MR) is 71.9 cm³/mol. The summed E-state index contributed by atoms with van der Waals surface area (Å²) in [4.78, 5) is 12.3. The summed E-state index contributed by atoms with van der Waals surface area (Å²) in [6.45, 7) is 2.70. The highest BCUT2D eigenvalue weighted by atomic mass is 19.1. The Bertz CT molecular complexity index is 461. The van der Waals surface area contributed by atoms with Gasteiger partial charge in [-0.15, -0.1) is 0 Å². The van der Waals surface area contributed by atoms with Crippen LogP contribution in [0, 0.1) is 21.8 Å². The number of anilines is 1. The van der Waals surface area contributed by atoms with Crippen LogP contribution in [-0.2, 0) is 0 Å². The number of benzene rings is 1. The molecule has 1 heterocycles. The molecular weight excluding hydrogens is 249 g/mol. The molecule has 1 atom stereocenters. The maximum atomic E-state index is 13.1. The Morgan fingerprint density at radius 1 is 1.58 bits per heavy atom. The van der Waals surface area contributed by atoms with E-state index in [9.17, 15) is 14.5 Å². The molecule has 1 saturated heterocycles. The third kappa shape index (κ3) is 3.41. The van der Waals surface area contributed by atoms with Crippen LogP contribution in [0.4, 0.5) is 15.8 Å². The van der Waals surface area contributed by atoms with Gasteiger partial charge in [0.15, 0.2) is 0 Å². The van der Waals surface area contributed by atoms with Gasteiger partial charge in [-0.3, -0.25) is 10.1 Å². The van der Waals surface area contributed by atoms with Crippen LogP contribution in [-0.4, -0.2) is 31.6 Å². The molecule has 0 spiro atoms. The van der Waals surface area contributed by atoms with E-state index in [0.29, 0.717) is 11.6 Å². The minimum atomic E-state index is -0.580. The molecule has 0 saturated carbocycles. The molecule has 5 nitrogen and oxygen atoms in total. The zero-order valence-electron chi connectivity index (χ0n) is 10.9. The van der Waals surface area contributed by atoms with E-state index in [-0.39, 0.29) is 5.69 Å². The molecule has 1 aliphatic heterocycles. The molecule has 6 heteroatoms. The Kier molecular flexibility index (Phi) is 4.31. The van der Waals surface area contributed by atoms with Crippen molar-refractivity contribution in [3.05, 3.63) is 34.1 Å². The number of nitrogens with one attached hydrogen (secondary N) is 1. The fourth-order valence-corrected chi connectivity index (χ4v) is 2.53. The molecule has 0 aliphatic carbocycles. The van der Waals surface area contributed by atoms with Crippen molar-refractivity contribution in [2.75, 3.05) is 31.6 Å². The minimum absolute atomic E-state index is 0.175. The monoisotopic (exact) mass is 267 g/mol. The normalized spacial score (nSPS) is 19.2. The molecule has 1 aliphatic rings. The molecule has 1 unspecified atom stereocenters. The smallest absolute Gasteiger partial charge is 0.295 e. The van der Waals surface area contributed by atoms with E-state index in [2.05, 4.69) is 5.32 Å². The maximum absolute atomic E-state index is 13.1. The average Bonchev–Trinajstić information content (AvgIpc) is 2.39. The van der Waals surface area contributed by atoms with Crippen molar-refractivity contribution < 1.29 is 9.31 Å². The molecule has 2 rings (SSSR count). The summed E-state index contributed by atoms with van der Waals surface area (Å²) in [6, 6.07) is 3.71. The number of piperidine rings is 1. The van der Waals surface area contributed by atoms with Gasteiger partial charge >= 0.3 is 0 Å². The highest BCUT2D eigenvalue weighted by Gasteiger charge is 2.21. The van der Waals surface area contributed by atoms with E-state index < -0.39 is 10.7 Å². The van der Waals surface area contributed by atoms with Crippen molar-refractivity contribution in [2.45, 2.75) is 12.8 Å². The molecule has 0 bridgehead atoms. The lowest BCUT2D eigenvalue weighted by Crippen LogP contribution is -2.37. The third-order valence-electron chi connectivity index (χ3n) is 3.48. The lowest BCUT2D eigenvalue weighted by molar-refractivity contribution is -0.384. The molecule has 19 heavy (non-hydrogen) atoms. The van der Waals surface area contributed by atoms with E-state index >= 15 is 0 Å². The maximum Gasteiger partial charge on any atom is 0.295 e. The summed E-state index contributed by atoms with van der Waals surface area (Å²) in [5, 5.41) is 14.3. The van der Waals surface area contributed by atoms with Crippen molar-refractivity contribution in [3.63, 3.8) is 0 Å². The summed E-state index contributed by atoms with van der Waals surface area (Å²) in [5.74, 6) is -0.105. The number of nitro benzene ring substituents is 1. The van der Waals surface area contributed by atoms with E-state index in [4.69, 9.17) is 0 Å². The minimum Gasteiger partial charge on any atom is -0.369 e. The van der Waals surface area contributed by atoms with Crippen LogP contribution < -0.4 is 10.2 Å². The topological polar surface area (TPSA) is 58.4 Å². The van der Waals surface area contributed by atoms with Crippen LogP contribution in [0.1, 0.15) is 12.8 Å². The lowest BCUT2D eigenvalue weighted by atomic mass is 9.99. The largest absolute Gasteiger partial charge is 0.369 e. The van der Waals surface area contributed by atoms with Gasteiger partial charge in [0.2, 0.25) is 0 Å². The highest BCUT2D eigenvalue weighted by molar-refractivity contribution is 5.62. The van der Waals surface area contributed by atoms with Gasteiger partial charge in [-0.2, -0.15) is 0 Å². The first-order valence-corrected chi connectivity index (χ1v) is 6.43. The Balaban J connectivity index is 2.13. The zero-order valence-corrected chi connectivity index (χ0v) is 10.9. The van der Waals surface area contributed by atoms with Gasteiger partial charge in [0.05, 0.1) is 11.0 Å². The van der Waals surface area contributed by atoms with Gasteiger partial charge in [-0.1, -0.05) is 0 Å². The Morgan fingerprint density at radius 2 is 2.37 bits per heavy atom. The van der Waals surface area contributed by atoms with Crippen molar-refractivity contribution >= 4 is 11.4 Å². The second kappa shape index (κ2) is 5.97. The fourth-order valence-electron chi connectivity index (χ4n) is 2.53. The van der Waals surface area contributed by atoms with E-state index in [1.807, 2.05) is 11.9 Å². The number of halogens is 1. The first-order chi connectivity index (χ1) is 9.08. The van der Waals surface area contributed by atoms with E-state index in [1.165, 1.54) is 12.1 Å². The van der Waals surface area contributed by atoms with Crippen LogP contribution in [0.2, 0.25) is 0 Å². The van der Waals surface area contributed by atoms with Crippen LogP contribution in [0.15, 0.2) is 18.2 Å². The van der Waals surface area contributed by atoms with Gasteiger partial charge in [0.1, 0.15) is 11.5 Å². The second-order valence-electron chi connectivity index (χ2n) is 4.98. The summed E-state index contributed by atoms with van der Waals surface area (Å²) in [7, 11) is 1.81. The molecular formula is C13H18FN3O2. The van der Waals surface area contributed by atoms with Gasteiger partial charge < -0.3 is 10.2 Å². The SMILES string of the molecule is CN(CC1CCCNC1)c1ccc(F)cc1[N+](=O)[O-]. The number of nitrogens with zero attached hydrogens (tertiary/aromatic N) is 2. The van der Waals surface area contributed by atoms with E-state index in [1.54, 1.807) is 0 Å². The molecule has 0 aromatic heterocycles. The van der Waals surface area contributed by atoms with Crippen molar-refractivity contribution in [1.29, 1.82) is 0 Å². The summed E-state index contributed by atoms with van der Waals surface area (Å²) < 4.78 is 13.1. The number of rotatable bonds is 4. The van der Waals surface area contributed by atoms with Crippen molar-refractivity contribution in [3.8, 4) is 0 Å². The Labute approximate surface area is 111 Å². The zero-order chi connectivity index (χ0) is 13.8. The Morgan fingerprint density at radius 3 is 3.00 bits per heavy atom. The van der Waals surface area contributed by atoms with Gasteiger partial charge in [0.25, 0.3) is 5.69 Å². The highest BCUT2D eigenvalue weighted by Crippen LogP contribution is 2.29. The standard InChI is InChI=1S/C13H18FN3O2/c1-16(9-10-3-2-6-15-8-10)12-5-4-11(14)7-13(12)17(18)19/h4-5,7,10,15H,2-3,6,8-9H2,1H3. The van der Waals surface area contributed by atoms with Crippen molar-refractivity contribution in [1.82, 2.24) is 5.32 Å². The molecule has 1 fully saturated rings. The first-order valence-electron chi connectivity index (χ1n) is 6.43. The summed E-state index contributed by atoms with van der Waals surface area (Å²) in [5.41, 5.74) is 0.295. The van der Waals surface area contributed by atoms with Crippen LogP contribution in [0.5, 0.6) is 0 Å². The van der Waals surface area contributed by atoms with E-state index in [0.717, 1.165) is 38.5 Å². The number of hydrogen-bond acceptors (Lipinski definition) is 4. The van der Waals surface area contributed by atoms with Crippen molar-refractivity contribution in [2.24, 2.45) is 5.92 Å². The number of nitro groups is 1. The van der Waals surface area contributed by atoms with Crippen LogP contribution >= 0.6 is 0 Å². The quantitative estimate of drug-likeness (QED) is 0.671. The van der Waals surface area contributed by atoms with Gasteiger partial charge in [-0.05, 0) is 44.0 Å².